The molecule has 5 nitrogen and oxygen atoms in total. The zero-order valence-corrected chi connectivity index (χ0v) is 18.9. The topological polar surface area (TPSA) is 52.8 Å². The lowest BCUT2D eigenvalue weighted by molar-refractivity contribution is -0.401. The number of fused-ring (bicyclic) bond motifs is 2. The van der Waals surface area contributed by atoms with E-state index in [0.29, 0.717) is 12.4 Å². The number of carboxylic acid groups (broad SMARTS) is 1. The molecule has 1 N–H and O–H groups in total. The van der Waals surface area contributed by atoms with Crippen molar-refractivity contribution < 1.29 is 19.2 Å². The number of aliphatic carboxylic acids is 1. The van der Waals surface area contributed by atoms with Crippen LogP contribution in [0.4, 0.5) is 11.4 Å². The number of hydrogen-bond acceptors (Lipinski definition) is 3. The van der Waals surface area contributed by atoms with E-state index in [2.05, 4.69) is 73.2 Å². The lowest BCUT2D eigenvalue weighted by Crippen LogP contribution is -2.35. The molecule has 1 atom stereocenters. The third-order valence-electron chi connectivity index (χ3n) is 6.63. The number of carbonyl (C=O) groups is 1. The van der Waals surface area contributed by atoms with Crippen molar-refractivity contribution in [2.24, 2.45) is 0 Å². The Hall–Kier alpha value is -3.86. The molecule has 2 aliphatic rings. The van der Waals surface area contributed by atoms with E-state index in [1.165, 1.54) is 16.8 Å². The number of ether oxygens (including phenoxy) is 1. The summed E-state index contributed by atoms with van der Waals surface area (Å²) in [5.41, 5.74) is 5.46. The third kappa shape index (κ3) is 3.69. The molecule has 0 radical (unpaired) electrons. The van der Waals surface area contributed by atoms with Crippen molar-refractivity contribution in [2.45, 2.75) is 25.2 Å². The maximum atomic E-state index is 11.3. The fraction of sp³-hybridized carbons (Fsp3) is 0.214. The van der Waals surface area contributed by atoms with Crippen molar-refractivity contribution in [3.63, 3.8) is 0 Å². The summed E-state index contributed by atoms with van der Waals surface area (Å²) in [6, 6.07) is 26.8. The minimum atomic E-state index is -0.828. The first-order valence-electron chi connectivity index (χ1n) is 11.2. The van der Waals surface area contributed by atoms with Gasteiger partial charge in [-0.25, -0.2) is 0 Å². The minimum Gasteiger partial charge on any atom is -0.481 e. The summed E-state index contributed by atoms with van der Waals surface area (Å²) in [6.07, 6.45) is 2.96. The highest BCUT2D eigenvalue weighted by Crippen LogP contribution is 2.44. The summed E-state index contributed by atoms with van der Waals surface area (Å²) in [7, 11) is 2.09. The number of carboxylic acids is 1. The molecule has 5 heteroatoms. The van der Waals surface area contributed by atoms with E-state index in [9.17, 15) is 9.90 Å². The fourth-order valence-electron chi connectivity index (χ4n) is 5.03. The number of para-hydroxylation sites is 3. The predicted octanol–water partition coefficient (Wildman–Crippen LogP) is 5.13. The van der Waals surface area contributed by atoms with Crippen LogP contribution in [0.25, 0.3) is 0 Å². The molecule has 33 heavy (non-hydrogen) atoms. The first-order valence-corrected chi connectivity index (χ1v) is 11.2. The van der Waals surface area contributed by atoms with E-state index >= 15 is 0 Å². The molecule has 3 aromatic rings. The molecule has 0 spiro atoms. The first kappa shape index (κ1) is 21.0. The fourth-order valence-corrected chi connectivity index (χ4v) is 5.03. The lowest BCUT2D eigenvalue weighted by Gasteiger charge is -2.24. The highest BCUT2D eigenvalue weighted by molar-refractivity contribution is 6.04. The Morgan fingerprint density at radius 1 is 1.03 bits per heavy atom. The molecule has 2 aliphatic heterocycles. The van der Waals surface area contributed by atoms with Crippen LogP contribution in [-0.4, -0.2) is 35.0 Å². The normalized spacial score (nSPS) is 20.1. The van der Waals surface area contributed by atoms with E-state index in [0.717, 1.165) is 23.6 Å². The summed E-state index contributed by atoms with van der Waals surface area (Å²) >= 11 is 0. The molecule has 0 saturated carbocycles. The number of hydrogen-bond donors (Lipinski definition) is 1. The van der Waals surface area contributed by atoms with Crippen molar-refractivity contribution in [2.75, 3.05) is 18.5 Å². The van der Waals surface area contributed by atoms with Crippen LogP contribution < -0.4 is 9.64 Å². The molecule has 0 saturated heterocycles. The Kier molecular flexibility index (Phi) is 5.25. The lowest BCUT2D eigenvalue weighted by atomic mass is 9.74. The molecule has 5 rings (SSSR count). The van der Waals surface area contributed by atoms with Crippen molar-refractivity contribution >= 4 is 23.1 Å². The van der Waals surface area contributed by atoms with Gasteiger partial charge < -0.3 is 14.7 Å². The van der Waals surface area contributed by atoms with Gasteiger partial charge in [0.05, 0.1) is 23.6 Å². The van der Waals surface area contributed by atoms with Crippen molar-refractivity contribution in [3.05, 3.63) is 102 Å². The van der Waals surface area contributed by atoms with Crippen LogP contribution in [0.5, 0.6) is 5.75 Å². The van der Waals surface area contributed by atoms with Gasteiger partial charge in [-0.3, -0.25) is 4.79 Å². The summed E-state index contributed by atoms with van der Waals surface area (Å²) < 4.78 is 8.48. The van der Waals surface area contributed by atoms with Gasteiger partial charge in [-0.05, 0) is 31.0 Å². The summed E-state index contributed by atoms with van der Waals surface area (Å²) in [4.78, 5) is 13.3. The Balaban J connectivity index is 1.60. The second kappa shape index (κ2) is 8.24. The van der Waals surface area contributed by atoms with Crippen molar-refractivity contribution in [1.29, 1.82) is 0 Å². The van der Waals surface area contributed by atoms with Crippen LogP contribution in [0.2, 0.25) is 0 Å². The molecule has 3 aromatic carbocycles. The smallest absolute Gasteiger partial charge is 0.305 e. The minimum absolute atomic E-state index is 0.0295. The van der Waals surface area contributed by atoms with Crippen LogP contribution >= 0.6 is 0 Å². The van der Waals surface area contributed by atoms with Crippen LogP contribution in [0.3, 0.4) is 0 Å². The van der Waals surface area contributed by atoms with Crippen LogP contribution in [-0.2, 0) is 16.6 Å². The number of anilines is 1. The number of rotatable bonds is 6. The van der Waals surface area contributed by atoms with Gasteiger partial charge in [0.15, 0.2) is 11.5 Å². The van der Waals surface area contributed by atoms with E-state index in [1.807, 2.05) is 35.2 Å². The number of allylic oxidation sites excluding steroid dienone is 1. The Bertz CT molecular complexity index is 1280. The van der Waals surface area contributed by atoms with E-state index in [4.69, 9.17) is 4.74 Å². The molecule has 0 amide bonds. The van der Waals surface area contributed by atoms with Crippen molar-refractivity contribution in [3.8, 4) is 5.75 Å². The van der Waals surface area contributed by atoms with Crippen molar-refractivity contribution in [1.82, 2.24) is 0 Å². The average molecular weight is 440 g/mol. The first-order chi connectivity index (χ1) is 16.0. The average Bonchev–Trinajstić information content (AvgIpc) is 3.27. The van der Waals surface area contributed by atoms with Gasteiger partial charge in [-0.15, -0.1) is 0 Å². The molecule has 1 unspecified atom stereocenters. The second-order valence-corrected chi connectivity index (χ2v) is 8.80. The van der Waals surface area contributed by atoms with Gasteiger partial charge in [0, 0.05) is 18.2 Å². The molecular weight excluding hydrogens is 412 g/mol. The van der Waals surface area contributed by atoms with Crippen LogP contribution in [0, 0.1) is 0 Å². The van der Waals surface area contributed by atoms with Gasteiger partial charge in [0.1, 0.15) is 7.05 Å². The van der Waals surface area contributed by atoms with Crippen LogP contribution in [0.15, 0.2) is 90.8 Å². The predicted molar refractivity (Wildman–Crippen MR) is 130 cm³/mol. The Morgan fingerprint density at radius 2 is 1.73 bits per heavy atom. The molecule has 2 heterocycles. The SMILES string of the molecule is C[N+]1=C(/C=C2\Oc3ccccc3N2CCC(=O)O)C(C)(Cc2ccccc2)c2ccccc21. The standard InChI is InChI=1S/C28H26N2O3/c1-28(19-20-10-4-3-5-11-20)21-12-6-7-13-22(21)29(2)25(28)18-26-30(17-16-27(31)32)23-14-8-9-15-24(23)33-26/h3-15,18H,16-17,19H2,1-2H3/p+1. The Labute approximate surface area is 193 Å². The quantitative estimate of drug-likeness (QED) is 0.541. The molecular formula is C28H27N2O3+. The molecule has 0 aliphatic carbocycles. The molecule has 0 bridgehead atoms. The molecule has 166 valence electrons. The summed E-state index contributed by atoms with van der Waals surface area (Å²) in [5, 5.41) is 9.30. The summed E-state index contributed by atoms with van der Waals surface area (Å²) in [5.74, 6) is 0.578. The van der Waals surface area contributed by atoms with Crippen LogP contribution in [0.1, 0.15) is 24.5 Å². The summed E-state index contributed by atoms with van der Waals surface area (Å²) in [6.45, 7) is 2.62. The third-order valence-corrected chi connectivity index (χ3v) is 6.63. The van der Waals surface area contributed by atoms with Gasteiger partial charge in [0.25, 0.3) is 0 Å². The van der Waals surface area contributed by atoms with E-state index in [1.54, 1.807) is 0 Å². The zero-order valence-electron chi connectivity index (χ0n) is 18.9. The highest BCUT2D eigenvalue weighted by atomic mass is 16.5. The maximum Gasteiger partial charge on any atom is 0.305 e. The highest BCUT2D eigenvalue weighted by Gasteiger charge is 2.47. The van der Waals surface area contributed by atoms with Gasteiger partial charge in [-0.2, -0.15) is 4.58 Å². The van der Waals surface area contributed by atoms with Gasteiger partial charge in [-0.1, -0.05) is 60.7 Å². The zero-order chi connectivity index (χ0) is 23.0. The maximum absolute atomic E-state index is 11.3. The van der Waals surface area contributed by atoms with Gasteiger partial charge in [0.2, 0.25) is 11.6 Å². The largest absolute Gasteiger partial charge is 0.481 e. The monoisotopic (exact) mass is 439 g/mol. The number of benzene rings is 3. The number of nitrogens with zero attached hydrogens (tertiary/aromatic N) is 2. The van der Waals surface area contributed by atoms with E-state index < -0.39 is 5.97 Å². The van der Waals surface area contributed by atoms with E-state index in [-0.39, 0.29) is 11.8 Å². The Morgan fingerprint density at radius 3 is 2.52 bits per heavy atom. The van der Waals surface area contributed by atoms with Gasteiger partial charge >= 0.3 is 5.97 Å². The molecule has 0 aromatic heterocycles. The second-order valence-electron chi connectivity index (χ2n) is 8.80. The molecule has 0 fully saturated rings.